The lowest BCUT2D eigenvalue weighted by Crippen LogP contribution is -2.35. The molecule has 3 N–H and O–H groups in total. The third-order valence-electron chi connectivity index (χ3n) is 3.77. The summed E-state index contributed by atoms with van der Waals surface area (Å²) in [6, 6.07) is 3.76. The Morgan fingerprint density at radius 1 is 1.53 bits per heavy atom. The number of piperidine rings is 1. The van der Waals surface area contributed by atoms with Crippen LogP contribution < -0.4 is 11.1 Å². The number of anilines is 1. The number of likely N-dealkylation sites (tertiary alicyclic amines) is 1. The van der Waals surface area contributed by atoms with Gasteiger partial charge in [0.15, 0.2) is 0 Å². The molecule has 4 nitrogen and oxygen atoms in total. The van der Waals surface area contributed by atoms with Crippen LogP contribution in [0.1, 0.15) is 25.3 Å². The fourth-order valence-corrected chi connectivity index (χ4v) is 2.56. The highest BCUT2D eigenvalue weighted by Gasteiger charge is 2.17. The van der Waals surface area contributed by atoms with Gasteiger partial charge in [0.25, 0.3) is 0 Å². The molecule has 104 valence electrons. The standard InChI is InChI=1S/C14H22N4S/c1-2-18-7-4-11(5-8-18)10-17-13-9-12(14(15)19)3-6-16-13/h3,6,9,11H,2,4-5,7-8,10H2,1H3,(H2,15,19)(H,16,17). The first kappa shape index (κ1) is 14.2. The van der Waals surface area contributed by atoms with Gasteiger partial charge in [0.1, 0.15) is 10.8 Å². The van der Waals surface area contributed by atoms with Crippen molar-refractivity contribution < 1.29 is 0 Å². The molecule has 0 saturated carbocycles. The highest BCUT2D eigenvalue weighted by atomic mass is 32.1. The van der Waals surface area contributed by atoms with E-state index in [0.717, 1.165) is 30.4 Å². The van der Waals surface area contributed by atoms with E-state index >= 15 is 0 Å². The van der Waals surface area contributed by atoms with E-state index in [1.54, 1.807) is 6.20 Å². The molecule has 1 aliphatic rings. The molecule has 1 saturated heterocycles. The lowest BCUT2D eigenvalue weighted by atomic mass is 9.97. The fraction of sp³-hybridized carbons (Fsp3) is 0.571. The van der Waals surface area contributed by atoms with Crippen molar-refractivity contribution in [3.05, 3.63) is 23.9 Å². The molecular weight excluding hydrogens is 256 g/mol. The molecule has 0 amide bonds. The SMILES string of the molecule is CCN1CCC(CNc2cc(C(N)=S)ccn2)CC1. The van der Waals surface area contributed by atoms with E-state index in [1.807, 2.05) is 12.1 Å². The zero-order valence-electron chi connectivity index (χ0n) is 11.4. The van der Waals surface area contributed by atoms with Gasteiger partial charge < -0.3 is 16.0 Å². The van der Waals surface area contributed by atoms with Gasteiger partial charge in [0, 0.05) is 18.3 Å². The molecule has 0 spiro atoms. The van der Waals surface area contributed by atoms with E-state index in [0.29, 0.717) is 4.99 Å². The summed E-state index contributed by atoms with van der Waals surface area (Å²) in [5.41, 5.74) is 6.49. The van der Waals surface area contributed by atoms with Gasteiger partial charge in [-0.1, -0.05) is 19.1 Å². The lowest BCUT2D eigenvalue weighted by molar-refractivity contribution is 0.198. The van der Waals surface area contributed by atoms with Crippen molar-refractivity contribution in [2.45, 2.75) is 19.8 Å². The Kier molecular flexibility index (Phi) is 5.10. The Bertz CT molecular complexity index is 427. The summed E-state index contributed by atoms with van der Waals surface area (Å²) in [6.07, 6.45) is 4.27. The van der Waals surface area contributed by atoms with Crippen molar-refractivity contribution in [1.29, 1.82) is 0 Å². The summed E-state index contributed by atoms with van der Waals surface area (Å²) in [4.78, 5) is 7.22. The maximum Gasteiger partial charge on any atom is 0.126 e. The molecule has 0 unspecified atom stereocenters. The minimum atomic E-state index is 0.418. The second kappa shape index (κ2) is 6.82. The van der Waals surface area contributed by atoms with Crippen LogP contribution in [0.3, 0.4) is 0 Å². The van der Waals surface area contributed by atoms with Crippen LogP contribution in [0, 0.1) is 5.92 Å². The van der Waals surface area contributed by atoms with Gasteiger partial charge >= 0.3 is 0 Å². The summed E-state index contributed by atoms with van der Waals surface area (Å²) in [5.74, 6) is 1.60. The van der Waals surface area contributed by atoms with E-state index in [4.69, 9.17) is 18.0 Å². The molecular formula is C14H22N4S. The van der Waals surface area contributed by atoms with Gasteiger partial charge in [0.05, 0.1) is 0 Å². The number of thiocarbonyl (C=S) groups is 1. The zero-order chi connectivity index (χ0) is 13.7. The molecule has 0 bridgehead atoms. The quantitative estimate of drug-likeness (QED) is 0.805. The first-order chi connectivity index (χ1) is 9.19. The molecule has 1 aromatic heterocycles. The molecule has 1 aliphatic heterocycles. The van der Waals surface area contributed by atoms with Gasteiger partial charge in [-0.2, -0.15) is 0 Å². The van der Waals surface area contributed by atoms with Gasteiger partial charge in [-0.15, -0.1) is 0 Å². The molecule has 19 heavy (non-hydrogen) atoms. The number of pyridine rings is 1. The topological polar surface area (TPSA) is 54.2 Å². The lowest BCUT2D eigenvalue weighted by Gasteiger charge is -2.31. The van der Waals surface area contributed by atoms with Crippen LogP contribution in [0.2, 0.25) is 0 Å². The number of aromatic nitrogens is 1. The summed E-state index contributed by atoms with van der Waals surface area (Å²) in [7, 11) is 0. The minimum Gasteiger partial charge on any atom is -0.389 e. The van der Waals surface area contributed by atoms with Crippen molar-refractivity contribution in [2.75, 3.05) is 31.5 Å². The molecule has 2 rings (SSSR count). The molecule has 1 fully saturated rings. The molecule has 0 radical (unpaired) electrons. The number of nitrogens with two attached hydrogens (primary N) is 1. The van der Waals surface area contributed by atoms with Crippen LogP contribution in [-0.2, 0) is 0 Å². The van der Waals surface area contributed by atoms with Crippen molar-refractivity contribution in [3.63, 3.8) is 0 Å². The van der Waals surface area contributed by atoms with Crippen LogP contribution >= 0.6 is 12.2 Å². The summed E-state index contributed by atoms with van der Waals surface area (Å²) < 4.78 is 0. The zero-order valence-corrected chi connectivity index (χ0v) is 12.2. The Labute approximate surface area is 120 Å². The first-order valence-electron chi connectivity index (χ1n) is 6.91. The highest BCUT2D eigenvalue weighted by molar-refractivity contribution is 7.80. The largest absolute Gasteiger partial charge is 0.389 e. The molecule has 2 heterocycles. The van der Waals surface area contributed by atoms with Crippen LogP contribution in [0.15, 0.2) is 18.3 Å². The third-order valence-corrected chi connectivity index (χ3v) is 4.01. The summed E-state index contributed by atoms with van der Waals surface area (Å²) in [6.45, 7) is 6.79. The monoisotopic (exact) mass is 278 g/mol. The van der Waals surface area contributed by atoms with Crippen molar-refractivity contribution in [1.82, 2.24) is 9.88 Å². The van der Waals surface area contributed by atoms with E-state index in [2.05, 4.69) is 22.1 Å². The fourth-order valence-electron chi connectivity index (χ4n) is 2.44. The average molecular weight is 278 g/mol. The Morgan fingerprint density at radius 2 is 2.26 bits per heavy atom. The number of nitrogens with one attached hydrogen (secondary N) is 1. The molecule has 0 aromatic carbocycles. The van der Waals surface area contributed by atoms with Crippen LogP contribution in [-0.4, -0.2) is 41.1 Å². The van der Waals surface area contributed by atoms with Gasteiger partial charge in [0.2, 0.25) is 0 Å². The van der Waals surface area contributed by atoms with Crippen molar-refractivity contribution in [3.8, 4) is 0 Å². The van der Waals surface area contributed by atoms with Crippen LogP contribution in [0.4, 0.5) is 5.82 Å². The second-order valence-corrected chi connectivity index (χ2v) is 5.49. The Morgan fingerprint density at radius 3 is 2.89 bits per heavy atom. The van der Waals surface area contributed by atoms with E-state index in [1.165, 1.54) is 25.9 Å². The van der Waals surface area contributed by atoms with Gasteiger partial charge in [-0.05, 0) is 50.5 Å². The number of hydrogen-bond acceptors (Lipinski definition) is 4. The molecule has 5 heteroatoms. The number of hydrogen-bond donors (Lipinski definition) is 2. The maximum atomic E-state index is 5.62. The highest BCUT2D eigenvalue weighted by Crippen LogP contribution is 2.17. The van der Waals surface area contributed by atoms with Crippen molar-refractivity contribution >= 4 is 23.0 Å². The summed E-state index contributed by atoms with van der Waals surface area (Å²) in [5, 5.41) is 3.40. The second-order valence-electron chi connectivity index (χ2n) is 5.05. The molecule has 1 aromatic rings. The predicted molar refractivity (Wildman–Crippen MR) is 83.5 cm³/mol. The van der Waals surface area contributed by atoms with Crippen molar-refractivity contribution in [2.24, 2.45) is 11.7 Å². The Hall–Kier alpha value is -1.20. The minimum absolute atomic E-state index is 0.418. The predicted octanol–water partition coefficient (Wildman–Crippen LogP) is 1.86. The summed E-state index contributed by atoms with van der Waals surface area (Å²) >= 11 is 4.97. The number of nitrogens with zero attached hydrogens (tertiary/aromatic N) is 2. The normalized spacial score (nSPS) is 17.3. The molecule has 0 aliphatic carbocycles. The van der Waals surface area contributed by atoms with E-state index in [9.17, 15) is 0 Å². The average Bonchev–Trinajstić information content (AvgIpc) is 2.46. The molecule has 0 atom stereocenters. The number of rotatable bonds is 5. The third kappa shape index (κ3) is 4.14. The van der Waals surface area contributed by atoms with Gasteiger partial charge in [-0.25, -0.2) is 4.98 Å². The van der Waals surface area contributed by atoms with E-state index < -0.39 is 0 Å². The van der Waals surface area contributed by atoms with Gasteiger partial charge in [-0.3, -0.25) is 0 Å². The van der Waals surface area contributed by atoms with Crippen LogP contribution in [0.5, 0.6) is 0 Å². The van der Waals surface area contributed by atoms with E-state index in [-0.39, 0.29) is 0 Å². The van der Waals surface area contributed by atoms with Crippen LogP contribution in [0.25, 0.3) is 0 Å². The first-order valence-corrected chi connectivity index (χ1v) is 7.32. The maximum absolute atomic E-state index is 5.62. The smallest absolute Gasteiger partial charge is 0.126 e. The Balaban J connectivity index is 1.82.